The van der Waals surface area contributed by atoms with Gasteiger partial charge in [0.25, 0.3) is 0 Å². The van der Waals surface area contributed by atoms with Crippen molar-refractivity contribution in [2.24, 2.45) is 0 Å². The van der Waals surface area contributed by atoms with E-state index in [1.807, 2.05) is 30.3 Å². The second-order valence-corrected chi connectivity index (χ2v) is 4.74. The zero-order valence-electron chi connectivity index (χ0n) is 12.1. The molecule has 1 amide bonds. The molecule has 1 unspecified atom stereocenters. The van der Waals surface area contributed by atoms with E-state index in [1.165, 1.54) is 4.90 Å². The van der Waals surface area contributed by atoms with Crippen LogP contribution in [-0.4, -0.2) is 49.2 Å². The van der Waals surface area contributed by atoms with Crippen LogP contribution < -0.4 is 5.32 Å². The van der Waals surface area contributed by atoms with Crippen LogP contribution in [0.25, 0.3) is 0 Å². The quantitative estimate of drug-likeness (QED) is 0.844. The number of esters is 1. The van der Waals surface area contributed by atoms with Gasteiger partial charge in [0.05, 0.1) is 13.2 Å². The summed E-state index contributed by atoms with van der Waals surface area (Å²) in [4.78, 5) is 25.2. The first-order valence-corrected chi connectivity index (χ1v) is 7.06. The molecule has 114 valence electrons. The van der Waals surface area contributed by atoms with Crippen molar-refractivity contribution in [3.05, 3.63) is 35.9 Å². The lowest BCUT2D eigenvalue weighted by molar-refractivity contribution is -0.146. The molecule has 0 aliphatic carbocycles. The van der Waals surface area contributed by atoms with Crippen LogP contribution in [0.2, 0.25) is 0 Å². The van der Waals surface area contributed by atoms with Crippen LogP contribution in [0.5, 0.6) is 0 Å². The second kappa shape index (κ2) is 7.64. The number of nitrogens with one attached hydrogen (secondary N) is 1. The predicted octanol–water partition coefficient (Wildman–Crippen LogP) is 1.16. The average Bonchev–Trinajstić information content (AvgIpc) is 2.54. The molecule has 0 spiro atoms. The fourth-order valence-corrected chi connectivity index (χ4v) is 2.13. The third-order valence-electron chi connectivity index (χ3n) is 3.21. The Morgan fingerprint density at radius 3 is 2.76 bits per heavy atom. The van der Waals surface area contributed by atoms with Crippen molar-refractivity contribution >= 4 is 12.1 Å². The first-order valence-electron chi connectivity index (χ1n) is 7.06. The summed E-state index contributed by atoms with van der Waals surface area (Å²) in [5, 5.41) is 3.04. The van der Waals surface area contributed by atoms with E-state index in [-0.39, 0.29) is 19.1 Å². The fraction of sp³-hybridized carbons (Fsp3) is 0.467. The lowest BCUT2D eigenvalue weighted by Gasteiger charge is -2.31. The lowest BCUT2D eigenvalue weighted by Crippen LogP contribution is -2.56. The average molecular weight is 292 g/mol. The standard InChI is InChI=1S/C15H20N2O4/c1-2-20-14(18)13-10-17(9-8-16-13)15(19)21-11-12-6-4-3-5-7-12/h3-7,13,16H,2,8-11H2,1H3. The number of carbonyl (C=O) groups is 2. The Balaban J connectivity index is 1.83. The molecule has 1 saturated heterocycles. The summed E-state index contributed by atoms with van der Waals surface area (Å²) >= 11 is 0. The van der Waals surface area contributed by atoms with E-state index < -0.39 is 12.1 Å². The van der Waals surface area contributed by atoms with Gasteiger partial charge in [-0.05, 0) is 12.5 Å². The van der Waals surface area contributed by atoms with Crippen LogP contribution in [0, 0.1) is 0 Å². The Labute approximate surface area is 124 Å². The van der Waals surface area contributed by atoms with Gasteiger partial charge in [-0.1, -0.05) is 30.3 Å². The van der Waals surface area contributed by atoms with Gasteiger partial charge in [0.1, 0.15) is 12.6 Å². The van der Waals surface area contributed by atoms with Gasteiger partial charge in [-0.15, -0.1) is 0 Å². The van der Waals surface area contributed by atoms with Crippen LogP contribution in [0.4, 0.5) is 4.79 Å². The van der Waals surface area contributed by atoms with Gasteiger partial charge in [0, 0.05) is 13.1 Å². The van der Waals surface area contributed by atoms with Gasteiger partial charge in [0.15, 0.2) is 0 Å². The van der Waals surface area contributed by atoms with Gasteiger partial charge in [0.2, 0.25) is 0 Å². The summed E-state index contributed by atoms with van der Waals surface area (Å²) in [6.07, 6.45) is -0.408. The summed E-state index contributed by atoms with van der Waals surface area (Å²) in [7, 11) is 0. The van der Waals surface area contributed by atoms with Gasteiger partial charge < -0.3 is 19.7 Å². The highest BCUT2D eigenvalue weighted by molar-refractivity contribution is 5.77. The molecule has 1 aliphatic heterocycles. The minimum absolute atomic E-state index is 0.230. The SMILES string of the molecule is CCOC(=O)C1CN(C(=O)OCc2ccccc2)CCN1. The molecule has 21 heavy (non-hydrogen) atoms. The number of hydrogen-bond donors (Lipinski definition) is 1. The Kier molecular flexibility index (Phi) is 5.57. The minimum Gasteiger partial charge on any atom is -0.465 e. The summed E-state index contributed by atoms with van der Waals surface area (Å²) in [6, 6.07) is 9.00. The van der Waals surface area contributed by atoms with Gasteiger partial charge >= 0.3 is 12.1 Å². The number of rotatable bonds is 4. The lowest BCUT2D eigenvalue weighted by atomic mass is 10.2. The maximum atomic E-state index is 12.0. The van der Waals surface area contributed by atoms with Crippen molar-refractivity contribution in [2.45, 2.75) is 19.6 Å². The first-order chi connectivity index (χ1) is 10.2. The third-order valence-corrected chi connectivity index (χ3v) is 3.21. The topological polar surface area (TPSA) is 67.9 Å². The number of amides is 1. The number of piperazine rings is 1. The van der Waals surface area contributed by atoms with E-state index in [2.05, 4.69) is 5.32 Å². The normalized spacial score (nSPS) is 18.1. The molecule has 1 N–H and O–H groups in total. The van der Waals surface area contributed by atoms with Gasteiger partial charge in [-0.2, -0.15) is 0 Å². The molecule has 0 radical (unpaired) electrons. The first kappa shape index (κ1) is 15.3. The summed E-state index contributed by atoms with van der Waals surface area (Å²) in [6.45, 7) is 3.65. The number of benzene rings is 1. The maximum Gasteiger partial charge on any atom is 0.410 e. The van der Waals surface area contributed by atoms with Crippen molar-refractivity contribution in [2.75, 3.05) is 26.2 Å². The Morgan fingerprint density at radius 1 is 1.29 bits per heavy atom. The number of hydrogen-bond acceptors (Lipinski definition) is 5. The van der Waals surface area contributed by atoms with Crippen molar-refractivity contribution < 1.29 is 19.1 Å². The Bertz CT molecular complexity index is 478. The molecule has 0 saturated carbocycles. The molecular formula is C15H20N2O4. The molecule has 1 fully saturated rings. The number of carbonyl (C=O) groups excluding carboxylic acids is 2. The monoisotopic (exact) mass is 292 g/mol. The largest absolute Gasteiger partial charge is 0.465 e. The molecule has 0 aromatic heterocycles. The minimum atomic E-state index is -0.483. The zero-order valence-corrected chi connectivity index (χ0v) is 12.1. The van der Waals surface area contributed by atoms with Crippen molar-refractivity contribution in [3.63, 3.8) is 0 Å². The summed E-state index contributed by atoms with van der Waals surface area (Å²) < 4.78 is 10.2. The van der Waals surface area contributed by atoms with Crippen molar-refractivity contribution in [1.29, 1.82) is 0 Å². The molecule has 1 aromatic carbocycles. The highest BCUT2D eigenvalue weighted by atomic mass is 16.6. The van der Waals surface area contributed by atoms with Crippen LogP contribution in [0.1, 0.15) is 12.5 Å². The van der Waals surface area contributed by atoms with E-state index in [9.17, 15) is 9.59 Å². The molecule has 1 aliphatic rings. The van der Waals surface area contributed by atoms with Crippen molar-refractivity contribution in [3.8, 4) is 0 Å². The molecule has 6 nitrogen and oxygen atoms in total. The molecule has 1 aromatic rings. The summed E-state index contributed by atoms with van der Waals surface area (Å²) in [5.74, 6) is -0.335. The van der Waals surface area contributed by atoms with Crippen molar-refractivity contribution in [1.82, 2.24) is 10.2 Å². The maximum absolute atomic E-state index is 12.0. The smallest absolute Gasteiger partial charge is 0.410 e. The van der Waals surface area contributed by atoms with E-state index in [1.54, 1.807) is 6.92 Å². The van der Waals surface area contributed by atoms with Crippen LogP contribution in [0.15, 0.2) is 30.3 Å². The third kappa shape index (κ3) is 4.46. The fourth-order valence-electron chi connectivity index (χ4n) is 2.13. The Hall–Kier alpha value is -2.08. The molecule has 6 heteroatoms. The van der Waals surface area contributed by atoms with E-state index in [0.29, 0.717) is 19.7 Å². The predicted molar refractivity (Wildman–Crippen MR) is 76.6 cm³/mol. The molecule has 2 rings (SSSR count). The summed E-state index contributed by atoms with van der Waals surface area (Å²) in [5.41, 5.74) is 0.933. The van der Waals surface area contributed by atoms with E-state index in [4.69, 9.17) is 9.47 Å². The van der Waals surface area contributed by atoms with Gasteiger partial charge in [-0.3, -0.25) is 4.79 Å². The van der Waals surface area contributed by atoms with E-state index in [0.717, 1.165) is 5.56 Å². The van der Waals surface area contributed by atoms with Crippen LogP contribution in [0.3, 0.4) is 0 Å². The zero-order chi connectivity index (χ0) is 15.1. The van der Waals surface area contributed by atoms with Crippen LogP contribution in [-0.2, 0) is 20.9 Å². The highest BCUT2D eigenvalue weighted by Crippen LogP contribution is 2.07. The molecule has 0 bridgehead atoms. The second-order valence-electron chi connectivity index (χ2n) is 4.74. The van der Waals surface area contributed by atoms with Crippen LogP contribution >= 0.6 is 0 Å². The molecule has 1 heterocycles. The molecular weight excluding hydrogens is 272 g/mol. The highest BCUT2D eigenvalue weighted by Gasteiger charge is 2.29. The number of nitrogens with zero attached hydrogens (tertiary/aromatic N) is 1. The Morgan fingerprint density at radius 2 is 2.05 bits per heavy atom. The van der Waals surface area contributed by atoms with E-state index >= 15 is 0 Å². The number of ether oxygens (including phenoxy) is 2. The van der Waals surface area contributed by atoms with Gasteiger partial charge in [-0.25, -0.2) is 4.79 Å². The molecule has 1 atom stereocenters.